The largest absolute Gasteiger partial charge is 0.481 e. The van der Waals surface area contributed by atoms with Crippen molar-refractivity contribution in [2.75, 3.05) is 0 Å². The molecule has 0 saturated heterocycles. The van der Waals surface area contributed by atoms with Gasteiger partial charge in [-0.05, 0) is 35.0 Å². The number of carboxylic acids is 1. The van der Waals surface area contributed by atoms with Crippen LogP contribution < -0.4 is 5.43 Å². The number of fused-ring (bicyclic) bond motifs is 1. The average Bonchev–Trinajstić information content (AvgIpc) is 2.26. The number of para-hydroxylation sites is 1. The van der Waals surface area contributed by atoms with E-state index in [4.69, 9.17) is 5.11 Å². The first kappa shape index (κ1) is 11.9. The minimum atomic E-state index is -1.01. The zero-order chi connectivity index (χ0) is 12.6. The highest BCUT2D eigenvalue weighted by Gasteiger charge is 2.13. The number of benzene rings is 1. The number of carbonyl (C=O) groups is 1. The number of aryl methyl sites for hydroxylation is 1. The van der Waals surface area contributed by atoms with Crippen molar-refractivity contribution in [2.45, 2.75) is 13.3 Å². The first-order valence-corrected chi connectivity index (χ1v) is 5.81. The van der Waals surface area contributed by atoms with E-state index in [1.165, 1.54) is 0 Å². The van der Waals surface area contributed by atoms with Crippen LogP contribution in [0, 0.1) is 6.92 Å². The molecule has 0 aliphatic carbocycles. The van der Waals surface area contributed by atoms with Gasteiger partial charge in [0.25, 0.3) is 0 Å². The van der Waals surface area contributed by atoms with Crippen molar-refractivity contribution in [1.82, 2.24) is 4.98 Å². The molecule has 1 aromatic heterocycles. The highest BCUT2D eigenvalue weighted by atomic mass is 79.9. The lowest BCUT2D eigenvalue weighted by atomic mass is 10.1. The molecule has 0 spiro atoms. The molecule has 0 unspecified atom stereocenters. The van der Waals surface area contributed by atoms with Crippen LogP contribution in [0.15, 0.2) is 27.5 Å². The third-order valence-electron chi connectivity index (χ3n) is 2.63. The lowest BCUT2D eigenvalue weighted by Gasteiger charge is -2.07. The number of H-pyrrole nitrogens is 1. The van der Waals surface area contributed by atoms with Gasteiger partial charge in [0.1, 0.15) is 0 Å². The van der Waals surface area contributed by atoms with Gasteiger partial charge in [-0.3, -0.25) is 9.59 Å². The van der Waals surface area contributed by atoms with Crippen molar-refractivity contribution < 1.29 is 9.90 Å². The normalized spacial score (nSPS) is 10.7. The topological polar surface area (TPSA) is 70.2 Å². The number of hydrogen-bond donors (Lipinski definition) is 2. The standard InChI is InChI=1S/C12H10BrNO3/c1-6-8(5-10(15)16)12(17)7-3-2-4-9(13)11(7)14-6/h2-4H,5H2,1H3,(H,14,17)(H,15,16). The van der Waals surface area contributed by atoms with E-state index in [1.807, 2.05) is 6.07 Å². The Kier molecular flexibility index (Phi) is 3.02. The van der Waals surface area contributed by atoms with Crippen molar-refractivity contribution >= 4 is 32.8 Å². The Balaban J connectivity index is 2.81. The molecule has 0 saturated carbocycles. The van der Waals surface area contributed by atoms with E-state index in [1.54, 1.807) is 19.1 Å². The third-order valence-corrected chi connectivity index (χ3v) is 3.29. The Bertz CT molecular complexity index is 661. The summed E-state index contributed by atoms with van der Waals surface area (Å²) in [5.41, 5.74) is 1.38. The molecule has 4 nitrogen and oxygen atoms in total. The van der Waals surface area contributed by atoms with Gasteiger partial charge in [0.15, 0.2) is 5.43 Å². The number of nitrogens with one attached hydrogen (secondary N) is 1. The number of halogens is 1. The van der Waals surface area contributed by atoms with Gasteiger partial charge in [0, 0.05) is 21.1 Å². The van der Waals surface area contributed by atoms with Gasteiger partial charge < -0.3 is 10.1 Å². The van der Waals surface area contributed by atoms with Crippen molar-refractivity contribution in [1.29, 1.82) is 0 Å². The zero-order valence-electron chi connectivity index (χ0n) is 9.08. The number of aromatic nitrogens is 1. The lowest BCUT2D eigenvalue weighted by molar-refractivity contribution is -0.136. The fourth-order valence-electron chi connectivity index (χ4n) is 1.80. The van der Waals surface area contributed by atoms with Crippen LogP contribution in [-0.4, -0.2) is 16.1 Å². The van der Waals surface area contributed by atoms with Crippen LogP contribution in [0.1, 0.15) is 11.3 Å². The van der Waals surface area contributed by atoms with Gasteiger partial charge in [-0.25, -0.2) is 0 Å². The van der Waals surface area contributed by atoms with E-state index in [0.717, 1.165) is 4.47 Å². The Morgan fingerprint density at radius 1 is 1.47 bits per heavy atom. The fourth-order valence-corrected chi connectivity index (χ4v) is 2.27. The molecule has 0 bridgehead atoms. The van der Waals surface area contributed by atoms with E-state index >= 15 is 0 Å². The molecular formula is C12H10BrNO3. The first-order valence-electron chi connectivity index (χ1n) is 5.02. The van der Waals surface area contributed by atoms with Crippen LogP contribution in [0.3, 0.4) is 0 Å². The molecule has 5 heteroatoms. The second kappa shape index (κ2) is 4.33. The Morgan fingerprint density at radius 3 is 2.82 bits per heavy atom. The smallest absolute Gasteiger partial charge is 0.308 e. The molecule has 0 atom stereocenters. The number of aromatic amines is 1. The van der Waals surface area contributed by atoms with E-state index in [0.29, 0.717) is 22.2 Å². The van der Waals surface area contributed by atoms with Gasteiger partial charge in [-0.2, -0.15) is 0 Å². The van der Waals surface area contributed by atoms with E-state index < -0.39 is 5.97 Å². The lowest BCUT2D eigenvalue weighted by Crippen LogP contribution is -2.17. The predicted molar refractivity (Wildman–Crippen MR) is 68.3 cm³/mol. The summed E-state index contributed by atoms with van der Waals surface area (Å²) >= 11 is 3.35. The van der Waals surface area contributed by atoms with Gasteiger partial charge in [0.2, 0.25) is 0 Å². The molecule has 2 rings (SSSR count). The van der Waals surface area contributed by atoms with Crippen LogP contribution in [0.25, 0.3) is 10.9 Å². The number of pyridine rings is 1. The summed E-state index contributed by atoms with van der Waals surface area (Å²) in [5, 5.41) is 9.28. The minimum absolute atomic E-state index is 0.222. The summed E-state index contributed by atoms with van der Waals surface area (Å²) in [4.78, 5) is 25.9. The number of aliphatic carboxylic acids is 1. The van der Waals surface area contributed by atoms with Crippen LogP contribution in [0.5, 0.6) is 0 Å². The fraction of sp³-hybridized carbons (Fsp3) is 0.167. The van der Waals surface area contributed by atoms with Gasteiger partial charge in [0.05, 0.1) is 11.9 Å². The van der Waals surface area contributed by atoms with Crippen LogP contribution in [0.2, 0.25) is 0 Å². The van der Waals surface area contributed by atoms with E-state index in [-0.39, 0.29) is 11.8 Å². The quantitative estimate of drug-likeness (QED) is 0.892. The summed E-state index contributed by atoms with van der Waals surface area (Å²) in [6.45, 7) is 1.71. The molecule has 0 aliphatic heterocycles. The Morgan fingerprint density at radius 2 is 2.18 bits per heavy atom. The molecule has 1 heterocycles. The second-order valence-electron chi connectivity index (χ2n) is 3.79. The molecule has 0 amide bonds. The van der Waals surface area contributed by atoms with Crippen LogP contribution in [-0.2, 0) is 11.2 Å². The molecule has 2 aromatic rings. The summed E-state index contributed by atoms with van der Waals surface area (Å²) in [7, 11) is 0. The molecule has 2 N–H and O–H groups in total. The molecule has 0 aliphatic rings. The Labute approximate surface area is 105 Å². The van der Waals surface area contributed by atoms with E-state index in [2.05, 4.69) is 20.9 Å². The monoisotopic (exact) mass is 295 g/mol. The first-order chi connectivity index (χ1) is 8.00. The second-order valence-corrected chi connectivity index (χ2v) is 4.64. The highest BCUT2D eigenvalue weighted by Crippen LogP contribution is 2.20. The average molecular weight is 296 g/mol. The maximum atomic E-state index is 12.1. The zero-order valence-corrected chi connectivity index (χ0v) is 10.7. The maximum Gasteiger partial charge on any atom is 0.308 e. The number of rotatable bonds is 2. The summed E-state index contributed by atoms with van der Waals surface area (Å²) in [6, 6.07) is 5.26. The SMILES string of the molecule is Cc1[nH]c2c(Br)cccc2c(=O)c1CC(=O)O. The summed E-state index contributed by atoms with van der Waals surface area (Å²) < 4.78 is 0.789. The predicted octanol–water partition coefficient (Wildman–Crippen LogP) is 2.23. The molecule has 1 aromatic carbocycles. The Hall–Kier alpha value is -1.62. The third kappa shape index (κ3) is 2.10. The molecular weight excluding hydrogens is 286 g/mol. The van der Waals surface area contributed by atoms with Crippen molar-refractivity contribution in [2.24, 2.45) is 0 Å². The molecule has 0 radical (unpaired) electrons. The van der Waals surface area contributed by atoms with E-state index in [9.17, 15) is 9.59 Å². The number of carboxylic acid groups (broad SMARTS) is 1. The van der Waals surface area contributed by atoms with Crippen molar-refractivity contribution in [3.8, 4) is 0 Å². The highest BCUT2D eigenvalue weighted by molar-refractivity contribution is 9.10. The maximum absolute atomic E-state index is 12.1. The van der Waals surface area contributed by atoms with Crippen LogP contribution >= 0.6 is 15.9 Å². The van der Waals surface area contributed by atoms with Crippen LogP contribution in [0.4, 0.5) is 0 Å². The van der Waals surface area contributed by atoms with Crippen molar-refractivity contribution in [3.63, 3.8) is 0 Å². The molecule has 17 heavy (non-hydrogen) atoms. The van der Waals surface area contributed by atoms with Crippen molar-refractivity contribution in [3.05, 3.63) is 44.2 Å². The molecule has 88 valence electrons. The minimum Gasteiger partial charge on any atom is -0.481 e. The van der Waals surface area contributed by atoms with Gasteiger partial charge >= 0.3 is 5.97 Å². The summed E-state index contributed by atoms with van der Waals surface area (Å²) in [6.07, 6.45) is -0.260. The van der Waals surface area contributed by atoms with Gasteiger partial charge in [-0.1, -0.05) is 6.07 Å². The molecule has 0 fully saturated rings. The van der Waals surface area contributed by atoms with Gasteiger partial charge in [-0.15, -0.1) is 0 Å². The summed E-state index contributed by atoms with van der Waals surface area (Å²) in [5.74, 6) is -1.01. The number of hydrogen-bond acceptors (Lipinski definition) is 2.